The maximum atomic E-state index is 10.0. The van der Waals surface area contributed by atoms with Crippen molar-refractivity contribution in [3.63, 3.8) is 0 Å². The highest BCUT2D eigenvalue weighted by Gasteiger charge is 2.19. The van der Waals surface area contributed by atoms with Crippen molar-refractivity contribution in [2.45, 2.75) is 13.1 Å². The summed E-state index contributed by atoms with van der Waals surface area (Å²) in [7, 11) is 3.11. The molecule has 0 radical (unpaired) electrons. The standard InChI is InChI=1S/C20H25BrN2O3/c1-25-18-11-16(12-19(26-2)20(18)24)14-23-9-7-22(8-10-23)13-15-3-5-17(21)6-4-15/h3-6,11-12,24H,7-10,13-14H2,1-2H3. The van der Waals surface area contributed by atoms with E-state index in [1.54, 1.807) is 14.2 Å². The van der Waals surface area contributed by atoms with Crippen molar-refractivity contribution in [1.29, 1.82) is 0 Å². The summed E-state index contributed by atoms with van der Waals surface area (Å²) in [6.07, 6.45) is 0. The molecule has 140 valence electrons. The number of rotatable bonds is 6. The van der Waals surface area contributed by atoms with Crippen molar-refractivity contribution < 1.29 is 14.6 Å². The van der Waals surface area contributed by atoms with Gasteiger partial charge in [0.15, 0.2) is 11.5 Å². The van der Waals surface area contributed by atoms with Crippen LogP contribution in [0.2, 0.25) is 0 Å². The van der Waals surface area contributed by atoms with Crippen molar-refractivity contribution in [1.82, 2.24) is 9.80 Å². The Labute approximate surface area is 163 Å². The molecule has 0 aromatic heterocycles. The monoisotopic (exact) mass is 420 g/mol. The number of benzene rings is 2. The van der Waals surface area contributed by atoms with Gasteiger partial charge in [0.25, 0.3) is 0 Å². The van der Waals surface area contributed by atoms with E-state index in [0.717, 1.165) is 49.3 Å². The van der Waals surface area contributed by atoms with Gasteiger partial charge in [-0.3, -0.25) is 9.80 Å². The smallest absolute Gasteiger partial charge is 0.200 e. The Hall–Kier alpha value is -1.76. The average Bonchev–Trinajstić information content (AvgIpc) is 2.66. The number of halogens is 1. The molecular weight excluding hydrogens is 396 g/mol. The van der Waals surface area contributed by atoms with Gasteiger partial charge < -0.3 is 14.6 Å². The van der Waals surface area contributed by atoms with Crippen molar-refractivity contribution in [2.24, 2.45) is 0 Å². The van der Waals surface area contributed by atoms with Crippen LogP contribution in [0.25, 0.3) is 0 Å². The normalized spacial score (nSPS) is 15.8. The summed E-state index contributed by atoms with van der Waals surface area (Å²) < 4.78 is 11.6. The van der Waals surface area contributed by atoms with E-state index in [9.17, 15) is 5.11 Å². The molecule has 1 saturated heterocycles. The molecule has 0 atom stereocenters. The predicted molar refractivity (Wildman–Crippen MR) is 106 cm³/mol. The van der Waals surface area contributed by atoms with E-state index in [-0.39, 0.29) is 5.75 Å². The largest absolute Gasteiger partial charge is 0.502 e. The van der Waals surface area contributed by atoms with Crippen LogP contribution >= 0.6 is 15.9 Å². The molecule has 3 rings (SSSR count). The van der Waals surface area contributed by atoms with Gasteiger partial charge in [0, 0.05) is 43.7 Å². The summed E-state index contributed by atoms with van der Waals surface area (Å²) in [5.74, 6) is 0.958. The second kappa shape index (κ2) is 8.75. The zero-order valence-electron chi connectivity index (χ0n) is 15.2. The van der Waals surface area contributed by atoms with Gasteiger partial charge in [0.1, 0.15) is 0 Å². The van der Waals surface area contributed by atoms with Gasteiger partial charge >= 0.3 is 0 Å². The number of aromatic hydroxyl groups is 1. The van der Waals surface area contributed by atoms with Gasteiger partial charge in [0.05, 0.1) is 14.2 Å². The number of hydrogen-bond acceptors (Lipinski definition) is 5. The third-order valence-electron chi connectivity index (χ3n) is 4.73. The molecule has 0 amide bonds. The molecule has 1 heterocycles. The molecule has 2 aromatic rings. The highest BCUT2D eigenvalue weighted by atomic mass is 79.9. The number of hydrogen-bond donors (Lipinski definition) is 1. The van der Waals surface area contributed by atoms with Crippen molar-refractivity contribution in [2.75, 3.05) is 40.4 Å². The Balaban J connectivity index is 1.56. The van der Waals surface area contributed by atoms with Gasteiger partial charge in [0.2, 0.25) is 5.75 Å². The molecule has 5 nitrogen and oxygen atoms in total. The van der Waals surface area contributed by atoms with E-state index >= 15 is 0 Å². The topological polar surface area (TPSA) is 45.2 Å². The lowest BCUT2D eigenvalue weighted by Crippen LogP contribution is -2.45. The predicted octanol–water partition coefficient (Wildman–Crippen LogP) is 3.49. The highest BCUT2D eigenvalue weighted by molar-refractivity contribution is 9.10. The first kappa shape index (κ1) is 19.0. The van der Waals surface area contributed by atoms with Crippen LogP contribution in [-0.4, -0.2) is 55.3 Å². The van der Waals surface area contributed by atoms with Crippen molar-refractivity contribution in [3.8, 4) is 17.2 Å². The first-order chi connectivity index (χ1) is 12.6. The summed E-state index contributed by atoms with van der Waals surface area (Å²) in [6, 6.07) is 12.3. The minimum atomic E-state index is 0.0538. The van der Waals surface area contributed by atoms with Gasteiger partial charge in [-0.05, 0) is 35.4 Å². The Kier molecular flexibility index (Phi) is 6.40. The van der Waals surface area contributed by atoms with E-state index in [0.29, 0.717) is 11.5 Å². The number of nitrogens with zero attached hydrogens (tertiary/aromatic N) is 2. The first-order valence-electron chi connectivity index (χ1n) is 8.72. The highest BCUT2D eigenvalue weighted by Crippen LogP contribution is 2.37. The molecule has 0 bridgehead atoms. The van der Waals surface area contributed by atoms with E-state index in [1.807, 2.05) is 12.1 Å². The van der Waals surface area contributed by atoms with Crippen LogP contribution in [-0.2, 0) is 13.1 Å². The van der Waals surface area contributed by atoms with Crippen LogP contribution in [0.15, 0.2) is 40.9 Å². The maximum Gasteiger partial charge on any atom is 0.200 e. The van der Waals surface area contributed by atoms with E-state index in [1.165, 1.54) is 5.56 Å². The second-order valence-corrected chi connectivity index (χ2v) is 7.44. The summed E-state index contributed by atoms with van der Waals surface area (Å²) in [5, 5.41) is 10.0. The first-order valence-corrected chi connectivity index (χ1v) is 9.51. The number of phenols is 1. The number of methoxy groups -OCH3 is 2. The zero-order chi connectivity index (χ0) is 18.5. The van der Waals surface area contributed by atoms with Crippen LogP contribution in [0.5, 0.6) is 17.2 Å². The fraction of sp³-hybridized carbons (Fsp3) is 0.400. The van der Waals surface area contributed by atoms with Gasteiger partial charge in [-0.15, -0.1) is 0 Å². The third-order valence-corrected chi connectivity index (χ3v) is 5.26. The quantitative estimate of drug-likeness (QED) is 0.774. The van der Waals surface area contributed by atoms with E-state index in [4.69, 9.17) is 9.47 Å². The molecule has 1 fully saturated rings. The fourth-order valence-corrected chi connectivity index (χ4v) is 3.52. The maximum absolute atomic E-state index is 10.0. The third kappa shape index (κ3) is 4.69. The lowest BCUT2D eigenvalue weighted by molar-refractivity contribution is 0.122. The van der Waals surface area contributed by atoms with Crippen LogP contribution in [0, 0.1) is 0 Å². The van der Waals surface area contributed by atoms with Crippen molar-refractivity contribution >= 4 is 15.9 Å². The molecule has 6 heteroatoms. The Morgan fingerprint density at radius 2 is 1.31 bits per heavy atom. The molecule has 1 N–H and O–H groups in total. The van der Waals surface area contributed by atoms with Gasteiger partial charge in [-0.1, -0.05) is 28.1 Å². The Morgan fingerprint density at radius 1 is 0.846 bits per heavy atom. The minimum Gasteiger partial charge on any atom is -0.502 e. The Bertz CT molecular complexity index is 703. The lowest BCUT2D eigenvalue weighted by Gasteiger charge is -2.34. The zero-order valence-corrected chi connectivity index (χ0v) is 16.8. The fourth-order valence-electron chi connectivity index (χ4n) is 3.25. The molecule has 1 aliphatic heterocycles. The number of piperazine rings is 1. The summed E-state index contributed by atoms with van der Waals surface area (Å²) in [4.78, 5) is 4.90. The summed E-state index contributed by atoms with van der Waals surface area (Å²) in [5.41, 5.74) is 2.42. The molecule has 0 spiro atoms. The second-order valence-electron chi connectivity index (χ2n) is 6.53. The van der Waals surface area contributed by atoms with Crippen LogP contribution < -0.4 is 9.47 Å². The molecular formula is C20H25BrN2O3. The van der Waals surface area contributed by atoms with E-state index < -0.39 is 0 Å². The minimum absolute atomic E-state index is 0.0538. The molecule has 26 heavy (non-hydrogen) atoms. The molecule has 0 saturated carbocycles. The van der Waals surface area contributed by atoms with Crippen LogP contribution in [0.1, 0.15) is 11.1 Å². The van der Waals surface area contributed by atoms with Crippen molar-refractivity contribution in [3.05, 3.63) is 52.0 Å². The molecule has 1 aliphatic rings. The Morgan fingerprint density at radius 3 is 1.77 bits per heavy atom. The van der Waals surface area contributed by atoms with Crippen LogP contribution in [0.3, 0.4) is 0 Å². The average molecular weight is 421 g/mol. The summed E-state index contributed by atoms with van der Waals surface area (Å²) >= 11 is 3.48. The number of ether oxygens (including phenoxy) is 2. The molecule has 2 aromatic carbocycles. The number of phenolic OH excluding ortho intramolecular Hbond substituents is 1. The molecule has 0 aliphatic carbocycles. The molecule has 0 unspecified atom stereocenters. The van der Waals surface area contributed by atoms with Gasteiger partial charge in [-0.2, -0.15) is 0 Å². The van der Waals surface area contributed by atoms with Crippen LogP contribution in [0.4, 0.5) is 0 Å². The SMILES string of the molecule is COc1cc(CN2CCN(Cc3ccc(Br)cc3)CC2)cc(OC)c1O. The van der Waals surface area contributed by atoms with E-state index in [2.05, 4.69) is 50.0 Å². The lowest BCUT2D eigenvalue weighted by atomic mass is 10.1. The van der Waals surface area contributed by atoms with Gasteiger partial charge in [-0.25, -0.2) is 0 Å². The summed E-state index contributed by atoms with van der Waals surface area (Å²) in [6.45, 7) is 5.93.